The van der Waals surface area contributed by atoms with Gasteiger partial charge in [0.1, 0.15) is 17.0 Å². The van der Waals surface area contributed by atoms with Gasteiger partial charge in [-0.05, 0) is 77.9 Å². The van der Waals surface area contributed by atoms with Crippen molar-refractivity contribution in [3.05, 3.63) is 174 Å². The summed E-state index contributed by atoms with van der Waals surface area (Å²) in [6, 6.07) is 55.5. The van der Waals surface area contributed by atoms with Crippen molar-refractivity contribution < 1.29 is 4.42 Å². The predicted octanol–water partition coefficient (Wildman–Crippen LogP) is 10.7. The Bertz CT molecular complexity index is 2950. The maximum Gasteiger partial charge on any atom is 0.266 e. The van der Waals surface area contributed by atoms with E-state index in [2.05, 4.69) is 102 Å². The number of rotatable bonds is 4. The molecule has 0 bridgehead atoms. The Morgan fingerprint density at radius 1 is 0.429 bits per heavy atom. The summed E-state index contributed by atoms with van der Waals surface area (Å²) in [6.07, 6.45) is 0. The molecule has 0 saturated heterocycles. The molecular weight excluding hydrogens is 603 g/mol. The van der Waals surface area contributed by atoms with Gasteiger partial charge in [-0.25, -0.2) is 4.98 Å². The van der Waals surface area contributed by atoms with Crippen LogP contribution in [-0.2, 0) is 0 Å². The van der Waals surface area contributed by atoms with Crippen molar-refractivity contribution >= 4 is 54.6 Å². The highest BCUT2D eigenvalue weighted by molar-refractivity contribution is 6.11. The lowest BCUT2D eigenvalue weighted by atomic mass is 10.0. The zero-order chi connectivity index (χ0) is 32.5. The summed E-state index contributed by atoms with van der Waals surface area (Å²) >= 11 is 0. The molecule has 10 aromatic rings. The maximum absolute atomic E-state index is 13.8. The first-order valence-corrected chi connectivity index (χ1v) is 16.3. The molecule has 3 aromatic heterocycles. The Labute approximate surface area is 280 Å². The van der Waals surface area contributed by atoms with Crippen LogP contribution in [0.25, 0.3) is 88.5 Å². The molecule has 0 N–H and O–H groups in total. The number of benzene rings is 7. The van der Waals surface area contributed by atoms with E-state index >= 15 is 0 Å². The van der Waals surface area contributed by atoms with Gasteiger partial charge in [0.2, 0.25) is 0 Å². The van der Waals surface area contributed by atoms with E-state index < -0.39 is 0 Å². The van der Waals surface area contributed by atoms with Gasteiger partial charge in [-0.3, -0.25) is 9.36 Å². The van der Waals surface area contributed by atoms with Gasteiger partial charge in [-0.1, -0.05) is 97.1 Å². The first-order chi connectivity index (χ1) is 24.2. The molecule has 49 heavy (non-hydrogen) atoms. The van der Waals surface area contributed by atoms with Crippen molar-refractivity contribution in [2.45, 2.75) is 0 Å². The molecule has 0 aliphatic carbocycles. The smallest absolute Gasteiger partial charge is 0.266 e. The van der Waals surface area contributed by atoms with Crippen molar-refractivity contribution in [2.75, 3.05) is 0 Å². The van der Waals surface area contributed by atoms with Crippen LogP contribution in [0.1, 0.15) is 0 Å². The highest BCUT2D eigenvalue weighted by Gasteiger charge is 2.17. The van der Waals surface area contributed by atoms with E-state index in [9.17, 15) is 4.79 Å². The Morgan fingerprint density at radius 2 is 1.08 bits per heavy atom. The molecule has 10 rings (SSSR count). The Kier molecular flexibility index (Phi) is 5.96. The Balaban J connectivity index is 1.10. The number of aromatic nitrogens is 3. The van der Waals surface area contributed by atoms with E-state index in [1.807, 2.05) is 66.7 Å². The Morgan fingerprint density at radius 3 is 1.94 bits per heavy atom. The molecule has 0 saturated carbocycles. The van der Waals surface area contributed by atoms with Gasteiger partial charge in [0.15, 0.2) is 0 Å². The summed E-state index contributed by atoms with van der Waals surface area (Å²) in [7, 11) is 0. The lowest BCUT2D eigenvalue weighted by molar-refractivity contribution is 0.669. The molecule has 5 heteroatoms. The molecule has 0 aliphatic rings. The summed E-state index contributed by atoms with van der Waals surface area (Å²) in [5, 5.41) is 5.20. The third kappa shape index (κ3) is 4.26. The van der Waals surface area contributed by atoms with Crippen molar-refractivity contribution in [1.82, 2.24) is 14.1 Å². The predicted molar refractivity (Wildman–Crippen MR) is 200 cm³/mol. The van der Waals surface area contributed by atoms with Crippen LogP contribution in [0.15, 0.2) is 173 Å². The van der Waals surface area contributed by atoms with Gasteiger partial charge in [0, 0.05) is 32.8 Å². The van der Waals surface area contributed by atoms with Gasteiger partial charge in [-0.15, -0.1) is 0 Å². The van der Waals surface area contributed by atoms with Crippen LogP contribution in [0, 0.1) is 0 Å². The number of hydrogen-bond acceptors (Lipinski definition) is 3. The van der Waals surface area contributed by atoms with Crippen LogP contribution in [0.2, 0.25) is 0 Å². The molecule has 0 atom stereocenters. The number of para-hydroxylation sites is 4. The van der Waals surface area contributed by atoms with Gasteiger partial charge in [-0.2, -0.15) is 0 Å². The monoisotopic (exact) mass is 629 g/mol. The van der Waals surface area contributed by atoms with E-state index in [1.54, 1.807) is 4.57 Å². The van der Waals surface area contributed by atoms with Crippen LogP contribution >= 0.6 is 0 Å². The zero-order valence-corrected chi connectivity index (χ0v) is 26.2. The highest BCUT2D eigenvalue weighted by Crippen LogP contribution is 2.37. The fraction of sp³-hybridized carbons (Fsp3) is 0. The summed E-state index contributed by atoms with van der Waals surface area (Å²) in [5.41, 5.74) is 9.62. The molecule has 0 spiro atoms. The SMILES string of the molecule is O=c1c2ccccc2nc(-c2ccc(-c3ccc4c(c3)c3ccccc3n4-c3ccc4oc5ccccc5c4c3)cc2)n1-c1ccccc1. The minimum absolute atomic E-state index is 0.0853. The fourth-order valence-electron chi connectivity index (χ4n) is 7.24. The number of hydrogen-bond donors (Lipinski definition) is 0. The molecule has 0 amide bonds. The molecule has 5 nitrogen and oxygen atoms in total. The molecule has 230 valence electrons. The highest BCUT2D eigenvalue weighted by atomic mass is 16.3. The molecule has 0 aliphatic heterocycles. The number of fused-ring (bicyclic) bond motifs is 7. The number of furan rings is 1. The van der Waals surface area contributed by atoms with E-state index in [-0.39, 0.29) is 5.56 Å². The maximum atomic E-state index is 13.8. The van der Waals surface area contributed by atoms with Crippen LogP contribution in [-0.4, -0.2) is 14.1 Å². The molecule has 0 radical (unpaired) electrons. The normalized spacial score (nSPS) is 11.8. The van der Waals surface area contributed by atoms with Gasteiger partial charge < -0.3 is 8.98 Å². The Hall–Kier alpha value is -6.72. The summed E-state index contributed by atoms with van der Waals surface area (Å²) in [4.78, 5) is 18.8. The van der Waals surface area contributed by atoms with Gasteiger partial charge in [0.05, 0.1) is 27.6 Å². The second-order valence-corrected chi connectivity index (χ2v) is 12.4. The van der Waals surface area contributed by atoms with Crippen molar-refractivity contribution in [3.8, 4) is 33.9 Å². The number of nitrogens with zero attached hydrogens (tertiary/aromatic N) is 3. The zero-order valence-electron chi connectivity index (χ0n) is 26.2. The van der Waals surface area contributed by atoms with Crippen molar-refractivity contribution in [1.29, 1.82) is 0 Å². The molecule has 0 fully saturated rings. The average Bonchev–Trinajstić information content (AvgIpc) is 3.70. The molecule has 0 unspecified atom stereocenters. The van der Waals surface area contributed by atoms with Gasteiger partial charge >= 0.3 is 0 Å². The van der Waals surface area contributed by atoms with E-state index in [4.69, 9.17) is 9.40 Å². The molecular formula is C44H27N3O2. The van der Waals surface area contributed by atoms with E-state index in [0.29, 0.717) is 16.7 Å². The first kappa shape index (κ1) is 27.4. The molecule has 3 heterocycles. The molecule has 7 aromatic carbocycles. The quantitative estimate of drug-likeness (QED) is 0.195. The second kappa shape index (κ2) is 10.7. The van der Waals surface area contributed by atoms with Crippen LogP contribution in [0.5, 0.6) is 0 Å². The lowest BCUT2D eigenvalue weighted by Gasteiger charge is -2.14. The van der Waals surface area contributed by atoms with Crippen molar-refractivity contribution in [2.24, 2.45) is 0 Å². The average molecular weight is 630 g/mol. The van der Waals surface area contributed by atoms with Crippen LogP contribution < -0.4 is 5.56 Å². The summed E-state index contributed by atoms with van der Waals surface area (Å²) < 4.78 is 10.2. The third-order valence-corrected chi connectivity index (χ3v) is 9.56. The summed E-state index contributed by atoms with van der Waals surface area (Å²) in [5.74, 6) is 0.613. The fourth-order valence-corrected chi connectivity index (χ4v) is 7.24. The van der Waals surface area contributed by atoms with Gasteiger partial charge in [0.25, 0.3) is 5.56 Å². The topological polar surface area (TPSA) is 53.0 Å². The summed E-state index contributed by atoms with van der Waals surface area (Å²) in [6.45, 7) is 0. The van der Waals surface area contributed by atoms with E-state index in [0.717, 1.165) is 61.0 Å². The second-order valence-electron chi connectivity index (χ2n) is 12.4. The third-order valence-electron chi connectivity index (χ3n) is 9.56. The lowest BCUT2D eigenvalue weighted by Crippen LogP contribution is -2.21. The van der Waals surface area contributed by atoms with Crippen LogP contribution in [0.4, 0.5) is 0 Å². The van der Waals surface area contributed by atoms with Crippen LogP contribution in [0.3, 0.4) is 0 Å². The minimum Gasteiger partial charge on any atom is -0.456 e. The first-order valence-electron chi connectivity index (χ1n) is 16.3. The minimum atomic E-state index is -0.0853. The van der Waals surface area contributed by atoms with Crippen molar-refractivity contribution in [3.63, 3.8) is 0 Å². The largest absolute Gasteiger partial charge is 0.456 e. The standard InChI is InChI=1S/C44H27N3O2/c48-44-35-14-4-7-15-38(35)45-43(47(44)31-10-2-1-3-11-31)29-20-18-28(19-21-29)30-22-24-40-36(26-30)33-12-5-8-16-39(33)46(40)32-23-25-42-37(27-32)34-13-6-9-17-41(34)49-42/h1-27H. The van der Waals surface area contributed by atoms with E-state index in [1.165, 1.54) is 10.8 Å².